The fraction of sp³-hybridized carbons (Fsp3) is 0.889. The average molecular weight is 201 g/mol. The molecule has 13 heavy (non-hydrogen) atoms. The Morgan fingerprint density at radius 3 is 2.92 bits per heavy atom. The second-order valence-electron chi connectivity index (χ2n) is 3.37. The summed E-state index contributed by atoms with van der Waals surface area (Å²) in [5, 5.41) is 4.07. The van der Waals surface area contributed by atoms with E-state index in [1.165, 1.54) is 19.3 Å². The molecule has 3 N–H and O–H groups in total. The molecule has 2 atom stereocenters. The molecule has 3 nitrogen and oxygen atoms in total. The molecule has 0 spiro atoms. The van der Waals surface area contributed by atoms with Gasteiger partial charge >= 0.3 is 0 Å². The van der Waals surface area contributed by atoms with Gasteiger partial charge in [0.1, 0.15) is 0 Å². The number of nitrogens with one attached hydrogen (secondary N) is 1. The Kier molecular flexibility index (Phi) is 4.42. The van der Waals surface area contributed by atoms with Crippen molar-refractivity contribution in [2.45, 2.75) is 37.5 Å². The number of aliphatic imine (C=N–C) groups is 1. The Balaban J connectivity index is 2.27. The van der Waals surface area contributed by atoms with Crippen molar-refractivity contribution in [3.05, 3.63) is 0 Å². The summed E-state index contributed by atoms with van der Waals surface area (Å²) in [6, 6.07) is 0.549. The van der Waals surface area contributed by atoms with Gasteiger partial charge in [0.05, 0.1) is 0 Å². The van der Waals surface area contributed by atoms with E-state index >= 15 is 0 Å². The van der Waals surface area contributed by atoms with Gasteiger partial charge in [0.15, 0.2) is 5.96 Å². The maximum atomic E-state index is 5.68. The molecule has 2 unspecified atom stereocenters. The molecule has 0 aromatic carbocycles. The van der Waals surface area contributed by atoms with E-state index < -0.39 is 0 Å². The van der Waals surface area contributed by atoms with Crippen LogP contribution in [0.25, 0.3) is 0 Å². The van der Waals surface area contributed by atoms with Crippen LogP contribution in [0.15, 0.2) is 4.99 Å². The Labute approximate surface area is 84.6 Å². The second kappa shape index (κ2) is 5.37. The summed E-state index contributed by atoms with van der Waals surface area (Å²) in [7, 11) is 0. The predicted octanol–water partition coefficient (Wildman–Crippen LogP) is 1.19. The highest BCUT2D eigenvalue weighted by Crippen LogP contribution is 2.27. The second-order valence-corrected chi connectivity index (χ2v) is 4.51. The third-order valence-corrected chi connectivity index (χ3v) is 3.49. The summed E-state index contributed by atoms with van der Waals surface area (Å²) in [6.45, 7) is 2.76. The molecule has 0 aromatic rings. The van der Waals surface area contributed by atoms with Crippen LogP contribution >= 0.6 is 11.8 Å². The number of thioether (sulfide) groups is 1. The molecule has 1 rings (SSSR count). The van der Waals surface area contributed by atoms with Gasteiger partial charge in [0, 0.05) is 17.8 Å². The first-order chi connectivity index (χ1) is 6.26. The third-order valence-electron chi connectivity index (χ3n) is 2.40. The zero-order chi connectivity index (χ0) is 9.68. The fourth-order valence-electron chi connectivity index (χ4n) is 1.71. The van der Waals surface area contributed by atoms with Gasteiger partial charge in [-0.15, -0.1) is 0 Å². The van der Waals surface area contributed by atoms with Gasteiger partial charge in [0.2, 0.25) is 0 Å². The summed E-state index contributed by atoms with van der Waals surface area (Å²) in [6.07, 6.45) is 5.93. The first kappa shape index (κ1) is 10.7. The molecule has 1 saturated carbocycles. The third kappa shape index (κ3) is 3.46. The number of nitrogens with two attached hydrogens (primary N) is 1. The Bertz CT molecular complexity index is 182. The van der Waals surface area contributed by atoms with Crippen molar-refractivity contribution in [1.29, 1.82) is 0 Å². The van der Waals surface area contributed by atoms with Gasteiger partial charge in [-0.3, -0.25) is 4.99 Å². The molecule has 0 aromatic heterocycles. The van der Waals surface area contributed by atoms with Crippen LogP contribution in [0.2, 0.25) is 0 Å². The van der Waals surface area contributed by atoms with Crippen LogP contribution in [0.5, 0.6) is 0 Å². The zero-order valence-electron chi connectivity index (χ0n) is 8.42. The van der Waals surface area contributed by atoms with Crippen LogP contribution in [0.4, 0.5) is 0 Å². The van der Waals surface area contributed by atoms with Crippen molar-refractivity contribution >= 4 is 17.7 Å². The number of guanidine groups is 1. The molecule has 1 aliphatic carbocycles. The van der Waals surface area contributed by atoms with E-state index in [9.17, 15) is 0 Å². The minimum absolute atomic E-state index is 0.549. The molecule has 4 heteroatoms. The maximum absolute atomic E-state index is 5.68. The molecule has 0 heterocycles. The minimum atomic E-state index is 0.549. The molecular formula is C9H19N3S. The van der Waals surface area contributed by atoms with Gasteiger partial charge < -0.3 is 11.1 Å². The molecular weight excluding hydrogens is 182 g/mol. The Morgan fingerprint density at radius 1 is 1.62 bits per heavy atom. The highest BCUT2D eigenvalue weighted by molar-refractivity contribution is 7.99. The number of nitrogens with zero attached hydrogens (tertiary/aromatic N) is 1. The molecule has 76 valence electrons. The van der Waals surface area contributed by atoms with Crippen molar-refractivity contribution in [2.75, 3.05) is 12.8 Å². The SMILES string of the molecule is CCN=C(N)NC1CCC(SC)C1. The molecule has 1 aliphatic rings. The average Bonchev–Trinajstić information content (AvgIpc) is 2.52. The van der Waals surface area contributed by atoms with Crippen LogP contribution in [-0.2, 0) is 0 Å². The van der Waals surface area contributed by atoms with Crippen LogP contribution in [0.3, 0.4) is 0 Å². The predicted molar refractivity (Wildman–Crippen MR) is 60.2 cm³/mol. The van der Waals surface area contributed by atoms with E-state index in [0.717, 1.165) is 11.8 Å². The fourth-order valence-corrected chi connectivity index (χ4v) is 2.51. The largest absolute Gasteiger partial charge is 0.370 e. The molecule has 0 aliphatic heterocycles. The maximum Gasteiger partial charge on any atom is 0.188 e. The lowest BCUT2D eigenvalue weighted by Gasteiger charge is -2.12. The van der Waals surface area contributed by atoms with Crippen molar-refractivity contribution in [2.24, 2.45) is 10.7 Å². The Morgan fingerprint density at radius 2 is 2.38 bits per heavy atom. The summed E-state index contributed by atoms with van der Waals surface area (Å²) in [5.74, 6) is 0.606. The zero-order valence-corrected chi connectivity index (χ0v) is 9.23. The lowest BCUT2D eigenvalue weighted by Crippen LogP contribution is -2.38. The van der Waals surface area contributed by atoms with Gasteiger partial charge in [-0.1, -0.05) is 0 Å². The standard InChI is InChI=1S/C9H19N3S/c1-3-11-9(10)12-7-4-5-8(6-7)13-2/h7-8H,3-6H2,1-2H3,(H3,10,11,12). The van der Waals surface area contributed by atoms with Crippen molar-refractivity contribution in [3.8, 4) is 0 Å². The number of hydrogen-bond donors (Lipinski definition) is 2. The highest BCUT2D eigenvalue weighted by atomic mass is 32.2. The smallest absolute Gasteiger partial charge is 0.188 e. The first-order valence-corrected chi connectivity index (χ1v) is 6.14. The van der Waals surface area contributed by atoms with E-state index in [1.807, 2.05) is 18.7 Å². The summed E-state index contributed by atoms with van der Waals surface area (Å²) in [5.41, 5.74) is 5.68. The summed E-state index contributed by atoms with van der Waals surface area (Å²) in [4.78, 5) is 4.12. The van der Waals surface area contributed by atoms with Gasteiger partial charge in [0.25, 0.3) is 0 Å². The number of hydrogen-bond acceptors (Lipinski definition) is 2. The molecule has 0 radical (unpaired) electrons. The van der Waals surface area contributed by atoms with Crippen LogP contribution < -0.4 is 11.1 Å². The van der Waals surface area contributed by atoms with Crippen LogP contribution in [0, 0.1) is 0 Å². The van der Waals surface area contributed by atoms with E-state index in [0.29, 0.717) is 12.0 Å². The van der Waals surface area contributed by atoms with Crippen molar-refractivity contribution in [3.63, 3.8) is 0 Å². The van der Waals surface area contributed by atoms with E-state index in [1.54, 1.807) is 0 Å². The van der Waals surface area contributed by atoms with Crippen LogP contribution in [-0.4, -0.2) is 30.1 Å². The normalized spacial score (nSPS) is 29.2. The molecule has 1 fully saturated rings. The molecule has 0 saturated heterocycles. The molecule has 0 bridgehead atoms. The summed E-state index contributed by atoms with van der Waals surface area (Å²) < 4.78 is 0. The van der Waals surface area contributed by atoms with Crippen LogP contribution in [0.1, 0.15) is 26.2 Å². The topological polar surface area (TPSA) is 50.4 Å². The van der Waals surface area contributed by atoms with Gasteiger partial charge in [-0.05, 0) is 32.4 Å². The Hall–Kier alpha value is -0.380. The van der Waals surface area contributed by atoms with E-state index in [4.69, 9.17) is 5.73 Å². The number of rotatable bonds is 3. The van der Waals surface area contributed by atoms with Crippen molar-refractivity contribution < 1.29 is 0 Å². The van der Waals surface area contributed by atoms with Crippen molar-refractivity contribution in [1.82, 2.24) is 5.32 Å². The molecule has 0 amide bonds. The van der Waals surface area contributed by atoms with Gasteiger partial charge in [-0.25, -0.2) is 0 Å². The minimum Gasteiger partial charge on any atom is -0.370 e. The summed E-state index contributed by atoms with van der Waals surface area (Å²) >= 11 is 1.96. The van der Waals surface area contributed by atoms with E-state index in [2.05, 4.69) is 16.6 Å². The van der Waals surface area contributed by atoms with Gasteiger partial charge in [-0.2, -0.15) is 11.8 Å². The lowest BCUT2D eigenvalue weighted by molar-refractivity contribution is 0.627. The highest BCUT2D eigenvalue weighted by Gasteiger charge is 2.23. The lowest BCUT2D eigenvalue weighted by atomic mass is 10.2. The van der Waals surface area contributed by atoms with E-state index in [-0.39, 0.29) is 0 Å². The first-order valence-electron chi connectivity index (χ1n) is 4.85. The monoisotopic (exact) mass is 201 g/mol. The quantitative estimate of drug-likeness (QED) is 0.533.